The number of rotatable bonds is 7. The van der Waals surface area contributed by atoms with Crippen molar-refractivity contribution in [3.05, 3.63) is 71.8 Å². The van der Waals surface area contributed by atoms with Gasteiger partial charge in [0.1, 0.15) is 16.8 Å². The number of anilines is 1. The Morgan fingerprint density at radius 2 is 1.90 bits per heavy atom. The third-order valence-electron chi connectivity index (χ3n) is 4.20. The van der Waals surface area contributed by atoms with Crippen LogP contribution in [0, 0.1) is 18.3 Å². The van der Waals surface area contributed by atoms with Crippen molar-refractivity contribution in [1.29, 1.82) is 5.26 Å². The van der Waals surface area contributed by atoms with Gasteiger partial charge in [0.2, 0.25) is 5.91 Å². The molecule has 0 atom stereocenters. The Labute approximate surface area is 174 Å². The van der Waals surface area contributed by atoms with Crippen LogP contribution in [0.15, 0.2) is 65.7 Å². The van der Waals surface area contributed by atoms with E-state index in [1.54, 1.807) is 6.07 Å². The molecular weight excluding hydrogens is 382 g/mol. The number of ether oxygens (including phenoxy) is 1. The van der Waals surface area contributed by atoms with E-state index in [9.17, 15) is 10.1 Å². The van der Waals surface area contributed by atoms with E-state index in [1.165, 1.54) is 11.8 Å². The summed E-state index contributed by atoms with van der Waals surface area (Å²) in [4.78, 5) is 16.9. The van der Waals surface area contributed by atoms with Crippen molar-refractivity contribution in [3.63, 3.8) is 0 Å². The number of nitrogens with one attached hydrogen (secondary N) is 1. The van der Waals surface area contributed by atoms with Crippen LogP contribution in [0.2, 0.25) is 0 Å². The first-order valence-electron chi connectivity index (χ1n) is 9.23. The number of aromatic nitrogens is 1. The Morgan fingerprint density at radius 1 is 1.14 bits per heavy atom. The lowest BCUT2D eigenvalue weighted by Gasteiger charge is -2.09. The minimum Gasteiger partial charge on any atom is -0.494 e. The van der Waals surface area contributed by atoms with E-state index in [1.807, 2.05) is 68.4 Å². The number of hydrogen-bond acceptors (Lipinski definition) is 5. The molecule has 29 heavy (non-hydrogen) atoms. The molecule has 0 radical (unpaired) electrons. The van der Waals surface area contributed by atoms with E-state index in [0.29, 0.717) is 17.2 Å². The maximum Gasteiger partial charge on any atom is 0.234 e. The maximum atomic E-state index is 12.3. The van der Waals surface area contributed by atoms with Gasteiger partial charge in [-0.2, -0.15) is 5.26 Å². The topological polar surface area (TPSA) is 75.0 Å². The SMILES string of the molecule is CCOc1ccc(-c2ccc(C#N)c(SCC(=O)Nc3ccccc3C)n2)cc1. The Bertz CT molecular complexity index is 1040. The molecule has 146 valence electrons. The van der Waals surface area contributed by atoms with Gasteiger partial charge in [0.25, 0.3) is 0 Å². The standard InChI is InChI=1S/C23H21N3O2S/c1-3-28-19-11-8-17(9-12-19)21-13-10-18(14-24)23(26-21)29-15-22(27)25-20-7-5-4-6-16(20)2/h4-13H,3,15H2,1-2H3,(H,25,27). The Balaban J connectivity index is 1.73. The fourth-order valence-electron chi connectivity index (χ4n) is 2.72. The molecule has 6 heteroatoms. The highest BCUT2D eigenvalue weighted by atomic mass is 32.2. The molecule has 0 saturated carbocycles. The number of benzene rings is 2. The van der Waals surface area contributed by atoms with E-state index in [4.69, 9.17) is 4.74 Å². The molecule has 0 saturated heterocycles. The van der Waals surface area contributed by atoms with Crippen LogP contribution in [-0.4, -0.2) is 23.3 Å². The van der Waals surface area contributed by atoms with Crippen LogP contribution in [-0.2, 0) is 4.79 Å². The number of carbonyl (C=O) groups is 1. The number of para-hydroxylation sites is 1. The van der Waals surface area contributed by atoms with Crippen LogP contribution in [0.4, 0.5) is 5.69 Å². The summed E-state index contributed by atoms with van der Waals surface area (Å²) in [6, 6.07) is 20.9. The van der Waals surface area contributed by atoms with Crippen LogP contribution in [0.25, 0.3) is 11.3 Å². The van der Waals surface area contributed by atoms with E-state index in [2.05, 4.69) is 16.4 Å². The zero-order valence-electron chi connectivity index (χ0n) is 16.3. The van der Waals surface area contributed by atoms with E-state index in [-0.39, 0.29) is 11.7 Å². The molecule has 0 unspecified atom stereocenters. The third kappa shape index (κ3) is 5.37. The monoisotopic (exact) mass is 403 g/mol. The van der Waals surface area contributed by atoms with Crippen molar-refractivity contribution in [3.8, 4) is 23.1 Å². The highest BCUT2D eigenvalue weighted by Crippen LogP contribution is 2.27. The van der Waals surface area contributed by atoms with Crippen LogP contribution < -0.4 is 10.1 Å². The molecule has 1 N–H and O–H groups in total. The molecule has 3 rings (SSSR count). The Hall–Kier alpha value is -3.30. The molecule has 0 fully saturated rings. The van der Waals surface area contributed by atoms with Gasteiger partial charge < -0.3 is 10.1 Å². The van der Waals surface area contributed by atoms with Crippen molar-refractivity contribution in [2.45, 2.75) is 18.9 Å². The smallest absolute Gasteiger partial charge is 0.234 e. The molecule has 0 aliphatic rings. The lowest BCUT2D eigenvalue weighted by molar-refractivity contribution is -0.113. The Kier molecular flexibility index (Phi) is 6.88. The van der Waals surface area contributed by atoms with E-state index in [0.717, 1.165) is 28.3 Å². The lowest BCUT2D eigenvalue weighted by Crippen LogP contribution is -2.15. The minimum absolute atomic E-state index is 0.138. The number of hydrogen-bond donors (Lipinski definition) is 1. The Morgan fingerprint density at radius 3 is 2.59 bits per heavy atom. The summed E-state index contributed by atoms with van der Waals surface area (Å²) >= 11 is 1.25. The number of aryl methyl sites for hydroxylation is 1. The summed E-state index contributed by atoms with van der Waals surface area (Å²) in [5.74, 6) is 0.830. The number of thioether (sulfide) groups is 1. The minimum atomic E-state index is -0.138. The largest absolute Gasteiger partial charge is 0.494 e. The molecule has 1 amide bonds. The van der Waals surface area contributed by atoms with Crippen LogP contribution in [0.3, 0.4) is 0 Å². The number of nitrogens with zero attached hydrogens (tertiary/aromatic N) is 2. The molecular formula is C23H21N3O2S. The van der Waals surface area contributed by atoms with Crippen molar-refractivity contribution >= 4 is 23.4 Å². The summed E-state index contributed by atoms with van der Waals surface area (Å²) in [5.41, 5.74) is 3.90. The third-order valence-corrected chi connectivity index (χ3v) is 5.19. The summed E-state index contributed by atoms with van der Waals surface area (Å²) in [6.45, 7) is 4.49. The first-order chi connectivity index (χ1) is 14.1. The summed E-state index contributed by atoms with van der Waals surface area (Å²) < 4.78 is 5.47. The van der Waals surface area contributed by atoms with Gasteiger partial charge in [-0.1, -0.05) is 30.0 Å². The number of carbonyl (C=O) groups excluding carboxylic acids is 1. The first kappa shape index (κ1) is 20.4. The van der Waals surface area contributed by atoms with Gasteiger partial charge in [-0.25, -0.2) is 4.98 Å². The van der Waals surface area contributed by atoms with Crippen molar-refractivity contribution < 1.29 is 9.53 Å². The average Bonchev–Trinajstić information content (AvgIpc) is 2.74. The first-order valence-corrected chi connectivity index (χ1v) is 10.2. The predicted molar refractivity (Wildman–Crippen MR) is 116 cm³/mol. The molecule has 0 spiro atoms. The second-order valence-electron chi connectivity index (χ2n) is 6.27. The zero-order valence-corrected chi connectivity index (χ0v) is 17.1. The van der Waals surface area contributed by atoms with Gasteiger partial charge in [0.05, 0.1) is 23.6 Å². The molecule has 3 aromatic rings. The van der Waals surface area contributed by atoms with Gasteiger partial charge >= 0.3 is 0 Å². The second-order valence-corrected chi connectivity index (χ2v) is 7.23. The summed E-state index contributed by atoms with van der Waals surface area (Å²) in [7, 11) is 0. The summed E-state index contributed by atoms with van der Waals surface area (Å²) in [6.07, 6.45) is 0. The highest BCUT2D eigenvalue weighted by Gasteiger charge is 2.11. The molecule has 5 nitrogen and oxygen atoms in total. The number of pyridine rings is 1. The molecule has 2 aromatic carbocycles. The van der Waals surface area contributed by atoms with Crippen LogP contribution in [0.5, 0.6) is 5.75 Å². The zero-order chi connectivity index (χ0) is 20.6. The van der Waals surface area contributed by atoms with Crippen LogP contribution in [0.1, 0.15) is 18.1 Å². The molecule has 0 aliphatic carbocycles. The fraction of sp³-hybridized carbons (Fsp3) is 0.174. The predicted octanol–water partition coefficient (Wildman–Crippen LogP) is 5.06. The van der Waals surface area contributed by atoms with Crippen molar-refractivity contribution in [2.24, 2.45) is 0 Å². The summed E-state index contributed by atoms with van der Waals surface area (Å²) in [5, 5.41) is 12.8. The van der Waals surface area contributed by atoms with Gasteiger partial charge in [-0.15, -0.1) is 0 Å². The molecule has 0 aliphatic heterocycles. The maximum absolute atomic E-state index is 12.3. The molecule has 1 heterocycles. The average molecular weight is 404 g/mol. The number of nitriles is 1. The van der Waals surface area contributed by atoms with Gasteiger partial charge in [0.15, 0.2) is 0 Å². The molecule has 0 bridgehead atoms. The fourth-order valence-corrected chi connectivity index (χ4v) is 3.49. The molecule has 1 aromatic heterocycles. The normalized spacial score (nSPS) is 10.2. The number of amides is 1. The van der Waals surface area contributed by atoms with Crippen LogP contribution >= 0.6 is 11.8 Å². The lowest BCUT2D eigenvalue weighted by atomic mass is 10.1. The van der Waals surface area contributed by atoms with E-state index >= 15 is 0 Å². The highest BCUT2D eigenvalue weighted by molar-refractivity contribution is 8.00. The van der Waals surface area contributed by atoms with Gasteiger partial charge in [0, 0.05) is 11.3 Å². The van der Waals surface area contributed by atoms with Crippen molar-refractivity contribution in [2.75, 3.05) is 17.7 Å². The van der Waals surface area contributed by atoms with Gasteiger partial charge in [-0.3, -0.25) is 4.79 Å². The van der Waals surface area contributed by atoms with Crippen molar-refractivity contribution in [1.82, 2.24) is 4.98 Å². The van der Waals surface area contributed by atoms with E-state index < -0.39 is 0 Å². The quantitative estimate of drug-likeness (QED) is 0.558. The second kappa shape index (κ2) is 9.76. The van der Waals surface area contributed by atoms with Gasteiger partial charge in [-0.05, 0) is 61.9 Å².